The van der Waals surface area contributed by atoms with Crippen LogP contribution in [-0.4, -0.2) is 24.6 Å². The van der Waals surface area contributed by atoms with Crippen molar-refractivity contribution < 1.29 is 14.3 Å². The Bertz CT molecular complexity index is 937. The lowest BCUT2D eigenvalue weighted by Gasteiger charge is -2.11. The van der Waals surface area contributed by atoms with Crippen LogP contribution < -0.4 is 14.8 Å². The Morgan fingerprint density at radius 1 is 1.15 bits per heavy atom. The standard InChI is InChI=1S/C21H22N2O3S/c1-14-7-8-18(19(11-14)25-3)26-10-9-20(24)23-17-6-4-5-16(12-17)21-22-15(2)13-27-21/h4-8,11-13H,9-10H2,1-3H3,(H,23,24). The van der Waals surface area contributed by atoms with E-state index in [1.807, 2.05) is 61.7 Å². The third-order valence-electron chi connectivity index (χ3n) is 3.92. The second-order valence-electron chi connectivity index (χ2n) is 6.18. The number of thiazole rings is 1. The van der Waals surface area contributed by atoms with Crippen LogP contribution in [0.25, 0.3) is 10.6 Å². The fraction of sp³-hybridized carbons (Fsp3) is 0.238. The monoisotopic (exact) mass is 382 g/mol. The average Bonchev–Trinajstić information content (AvgIpc) is 3.09. The maximum atomic E-state index is 12.2. The van der Waals surface area contributed by atoms with Gasteiger partial charge >= 0.3 is 0 Å². The first-order valence-electron chi connectivity index (χ1n) is 8.65. The van der Waals surface area contributed by atoms with Gasteiger partial charge < -0.3 is 14.8 Å². The minimum absolute atomic E-state index is 0.103. The highest BCUT2D eigenvalue weighted by Crippen LogP contribution is 2.28. The van der Waals surface area contributed by atoms with E-state index < -0.39 is 0 Å². The molecule has 1 aromatic heterocycles. The van der Waals surface area contributed by atoms with Crippen LogP contribution in [0.4, 0.5) is 5.69 Å². The van der Waals surface area contributed by atoms with Crippen LogP contribution in [0.5, 0.6) is 11.5 Å². The molecule has 0 atom stereocenters. The molecule has 0 radical (unpaired) electrons. The molecule has 1 amide bonds. The summed E-state index contributed by atoms with van der Waals surface area (Å²) in [5, 5.41) is 5.86. The summed E-state index contributed by atoms with van der Waals surface area (Å²) < 4.78 is 11.0. The van der Waals surface area contributed by atoms with Crippen LogP contribution in [0.15, 0.2) is 47.8 Å². The van der Waals surface area contributed by atoms with Crippen LogP contribution in [0, 0.1) is 13.8 Å². The SMILES string of the molecule is COc1cc(C)ccc1OCCC(=O)Nc1cccc(-c2nc(C)cs2)c1. The van der Waals surface area contributed by atoms with Gasteiger partial charge in [0.2, 0.25) is 5.91 Å². The van der Waals surface area contributed by atoms with Gasteiger partial charge in [-0.15, -0.1) is 11.3 Å². The number of amides is 1. The van der Waals surface area contributed by atoms with E-state index in [2.05, 4.69) is 10.3 Å². The Kier molecular flexibility index (Phi) is 6.08. The molecule has 0 saturated heterocycles. The number of hydrogen-bond donors (Lipinski definition) is 1. The minimum Gasteiger partial charge on any atom is -0.493 e. The summed E-state index contributed by atoms with van der Waals surface area (Å²) >= 11 is 1.59. The molecule has 6 heteroatoms. The zero-order valence-electron chi connectivity index (χ0n) is 15.6. The quantitative estimate of drug-likeness (QED) is 0.635. The number of nitrogens with zero attached hydrogens (tertiary/aromatic N) is 1. The molecule has 27 heavy (non-hydrogen) atoms. The lowest BCUT2D eigenvalue weighted by molar-refractivity contribution is -0.116. The first-order valence-corrected chi connectivity index (χ1v) is 9.53. The molecule has 2 aromatic carbocycles. The van der Waals surface area contributed by atoms with Crippen molar-refractivity contribution in [1.29, 1.82) is 0 Å². The molecule has 0 fully saturated rings. The number of hydrogen-bond acceptors (Lipinski definition) is 5. The molecule has 0 unspecified atom stereocenters. The van der Waals surface area contributed by atoms with Crippen molar-refractivity contribution in [2.75, 3.05) is 19.0 Å². The van der Waals surface area contributed by atoms with E-state index in [9.17, 15) is 4.79 Å². The highest BCUT2D eigenvalue weighted by molar-refractivity contribution is 7.13. The second kappa shape index (κ2) is 8.68. The Morgan fingerprint density at radius 3 is 2.74 bits per heavy atom. The van der Waals surface area contributed by atoms with Crippen LogP contribution >= 0.6 is 11.3 Å². The van der Waals surface area contributed by atoms with E-state index in [4.69, 9.17) is 9.47 Å². The van der Waals surface area contributed by atoms with Gasteiger partial charge in [0.1, 0.15) is 5.01 Å². The first kappa shape index (κ1) is 18.9. The summed E-state index contributed by atoms with van der Waals surface area (Å²) in [5.74, 6) is 1.20. The molecule has 3 aromatic rings. The van der Waals surface area contributed by atoms with Crippen molar-refractivity contribution in [3.63, 3.8) is 0 Å². The van der Waals surface area contributed by atoms with E-state index in [1.165, 1.54) is 0 Å². The number of nitrogens with one attached hydrogen (secondary N) is 1. The first-order chi connectivity index (χ1) is 13.0. The van der Waals surface area contributed by atoms with Gasteiger partial charge in [-0.2, -0.15) is 0 Å². The number of methoxy groups -OCH3 is 1. The van der Waals surface area contributed by atoms with E-state index in [1.54, 1.807) is 18.4 Å². The van der Waals surface area contributed by atoms with E-state index in [0.717, 1.165) is 27.5 Å². The van der Waals surface area contributed by atoms with Crippen molar-refractivity contribution in [2.24, 2.45) is 0 Å². The number of aromatic nitrogens is 1. The van der Waals surface area contributed by atoms with Crippen molar-refractivity contribution in [3.8, 4) is 22.1 Å². The molecule has 0 aliphatic carbocycles. The third kappa shape index (κ3) is 5.08. The summed E-state index contributed by atoms with van der Waals surface area (Å²) in [4.78, 5) is 16.7. The molecule has 140 valence electrons. The summed E-state index contributed by atoms with van der Waals surface area (Å²) in [6.07, 6.45) is 0.248. The van der Waals surface area contributed by atoms with Gasteiger partial charge in [0.15, 0.2) is 11.5 Å². The fourth-order valence-corrected chi connectivity index (χ4v) is 3.38. The van der Waals surface area contributed by atoms with Crippen LogP contribution in [0.2, 0.25) is 0 Å². The maximum absolute atomic E-state index is 12.2. The highest BCUT2D eigenvalue weighted by Gasteiger charge is 2.08. The topological polar surface area (TPSA) is 60.5 Å². The number of aryl methyl sites for hydroxylation is 2. The second-order valence-corrected chi connectivity index (χ2v) is 7.03. The van der Waals surface area contributed by atoms with Crippen molar-refractivity contribution >= 4 is 22.9 Å². The van der Waals surface area contributed by atoms with E-state index >= 15 is 0 Å². The smallest absolute Gasteiger partial charge is 0.227 e. The molecule has 3 rings (SSSR count). The molecule has 1 heterocycles. The van der Waals surface area contributed by atoms with Gasteiger partial charge in [-0.05, 0) is 43.7 Å². The molecule has 1 N–H and O–H groups in total. The number of benzene rings is 2. The van der Waals surface area contributed by atoms with E-state index in [0.29, 0.717) is 11.5 Å². The molecule has 5 nitrogen and oxygen atoms in total. The van der Waals surface area contributed by atoms with Crippen LogP contribution in [0.1, 0.15) is 17.7 Å². The van der Waals surface area contributed by atoms with Gasteiger partial charge in [0.05, 0.1) is 20.1 Å². The maximum Gasteiger partial charge on any atom is 0.227 e. The molecule has 0 aliphatic heterocycles. The summed E-state index contributed by atoms with van der Waals surface area (Å²) in [5.41, 5.74) is 3.82. The molecule has 0 bridgehead atoms. The Labute approximate surface area is 163 Å². The molecular weight excluding hydrogens is 360 g/mol. The Hall–Kier alpha value is -2.86. The van der Waals surface area contributed by atoms with Crippen LogP contribution in [0.3, 0.4) is 0 Å². The normalized spacial score (nSPS) is 10.5. The number of carbonyl (C=O) groups excluding carboxylic acids is 1. The van der Waals surface area contributed by atoms with Crippen molar-refractivity contribution in [2.45, 2.75) is 20.3 Å². The lowest BCUT2D eigenvalue weighted by atomic mass is 10.2. The molecule has 0 aliphatic rings. The van der Waals surface area contributed by atoms with Crippen LogP contribution in [-0.2, 0) is 4.79 Å². The number of rotatable bonds is 7. The van der Waals surface area contributed by atoms with E-state index in [-0.39, 0.29) is 18.9 Å². The summed E-state index contributed by atoms with van der Waals surface area (Å²) in [7, 11) is 1.60. The largest absolute Gasteiger partial charge is 0.493 e. The average molecular weight is 382 g/mol. The van der Waals surface area contributed by atoms with Gasteiger partial charge in [-0.3, -0.25) is 4.79 Å². The van der Waals surface area contributed by atoms with Gasteiger partial charge in [-0.25, -0.2) is 4.98 Å². The number of carbonyl (C=O) groups is 1. The molecule has 0 saturated carbocycles. The summed E-state index contributed by atoms with van der Waals surface area (Å²) in [6.45, 7) is 4.23. The number of anilines is 1. The van der Waals surface area contributed by atoms with Gasteiger partial charge in [-0.1, -0.05) is 18.2 Å². The lowest BCUT2D eigenvalue weighted by Crippen LogP contribution is -2.15. The van der Waals surface area contributed by atoms with Crippen molar-refractivity contribution in [3.05, 3.63) is 59.1 Å². The predicted molar refractivity (Wildman–Crippen MR) is 109 cm³/mol. The Morgan fingerprint density at radius 2 is 2.00 bits per heavy atom. The minimum atomic E-state index is -0.103. The van der Waals surface area contributed by atoms with Gasteiger partial charge in [0.25, 0.3) is 0 Å². The zero-order valence-corrected chi connectivity index (χ0v) is 16.4. The van der Waals surface area contributed by atoms with Gasteiger partial charge in [0, 0.05) is 22.3 Å². The third-order valence-corrected chi connectivity index (χ3v) is 4.93. The van der Waals surface area contributed by atoms with Crippen molar-refractivity contribution in [1.82, 2.24) is 4.98 Å². The predicted octanol–water partition coefficient (Wildman–Crippen LogP) is 4.84. The summed E-state index contributed by atoms with van der Waals surface area (Å²) in [6, 6.07) is 13.4. The number of ether oxygens (including phenoxy) is 2. The molecular formula is C21H22N2O3S. The fourth-order valence-electron chi connectivity index (χ4n) is 2.59. The highest BCUT2D eigenvalue weighted by atomic mass is 32.1. The zero-order chi connectivity index (χ0) is 19.2. The molecule has 0 spiro atoms. The Balaban J connectivity index is 1.55.